The first-order chi connectivity index (χ1) is 7.88. The van der Waals surface area contributed by atoms with Crippen molar-refractivity contribution in [1.82, 2.24) is 0 Å². The van der Waals surface area contributed by atoms with Crippen LogP contribution in [0.3, 0.4) is 0 Å². The summed E-state index contributed by atoms with van der Waals surface area (Å²) in [7, 11) is 0. The van der Waals surface area contributed by atoms with Crippen LogP contribution in [0.1, 0.15) is 30.9 Å². The predicted octanol–water partition coefficient (Wildman–Crippen LogP) is 4.20. The van der Waals surface area contributed by atoms with Crippen LogP contribution in [-0.2, 0) is 11.3 Å². The smallest absolute Gasteiger partial charge is 0.0726 e. The second-order valence-corrected chi connectivity index (χ2v) is 3.68. The van der Waals surface area contributed by atoms with E-state index in [0.717, 1.165) is 12.0 Å². The number of allylic oxidation sites excluding steroid dienone is 1. The summed E-state index contributed by atoms with van der Waals surface area (Å²) in [6, 6.07) is 8.17. The molecule has 16 heavy (non-hydrogen) atoms. The molecular weight excluding hydrogens is 196 g/mol. The Balaban J connectivity index is 2.34. The predicted molar refractivity (Wildman–Crippen MR) is 70.2 cm³/mol. The van der Waals surface area contributed by atoms with E-state index >= 15 is 0 Å². The minimum Gasteiger partial charge on any atom is -0.373 e. The molecule has 0 spiro atoms. The molecule has 0 heterocycles. The molecule has 0 bridgehead atoms. The fourth-order valence-electron chi connectivity index (χ4n) is 1.45. The number of rotatable bonds is 7. The first kappa shape index (κ1) is 12.7. The van der Waals surface area contributed by atoms with Crippen LogP contribution in [0.4, 0.5) is 0 Å². The van der Waals surface area contributed by atoms with Gasteiger partial charge in [0.05, 0.1) is 13.2 Å². The normalized spacial score (nSPS) is 10.8. The summed E-state index contributed by atoms with van der Waals surface area (Å²) in [5.74, 6) is 0. The monoisotopic (exact) mass is 216 g/mol. The number of ether oxygens (including phenoxy) is 1. The first-order valence-electron chi connectivity index (χ1n) is 5.81. The minimum absolute atomic E-state index is 0.651. The molecule has 0 unspecified atom stereocenters. The largest absolute Gasteiger partial charge is 0.373 e. The van der Waals surface area contributed by atoms with Crippen LogP contribution in [0.2, 0.25) is 0 Å². The highest BCUT2D eigenvalue weighted by atomic mass is 16.5. The molecule has 1 aromatic rings. The lowest BCUT2D eigenvalue weighted by Gasteiger charge is -2.05. The highest BCUT2D eigenvalue weighted by molar-refractivity contribution is 5.51. The Kier molecular flexibility index (Phi) is 6.28. The molecule has 1 heteroatoms. The molecule has 0 aliphatic heterocycles. The van der Waals surface area contributed by atoms with Crippen LogP contribution in [0.15, 0.2) is 43.0 Å². The van der Waals surface area contributed by atoms with Crippen LogP contribution >= 0.6 is 0 Å². The zero-order chi connectivity index (χ0) is 11.6. The van der Waals surface area contributed by atoms with Crippen molar-refractivity contribution in [3.05, 3.63) is 54.1 Å². The fourth-order valence-corrected chi connectivity index (χ4v) is 1.45. The lowest BCUT2D eigenvalue weighted by molar-refractivity contribution is 0.148. The van der Waals surface area contributed by atoms with Crippen LogP contribution in [0.25, 0.3) is 6.08 Å². The third-order valence-electron chi connectivity index (χ3n) is 2.37. The van der Waals surface area contributed by atoms with E-state index in [9.17, 15) is 0 Å². The highest BCUT2D eigenvalue weighted by Crippen LogP contribution is 2.10. The molecule has 86 valence electrons. The Morgan fingerprint density at radius 1 is 1.25 bits per heavy atom. The number of unbranched alkanes of at least 4 members (excludes halogenated alkanes) is 1. The van der Waals surface area contributed by atoms with Gasteiger partial charge in [-0.2, -0.15) is 0 Å². The minimum atomic E-state index is 0.651. The number of hydrogen-bond acceptors (Lipinski definition) is 1. The van der Waals surface area contributed by atoms with Crippen molar-refractivity contribution in [1.29, 1.82) is 0 Å². The van der Waals surface area contributed by atoms with Gasteiger partial charge in [0, 0.05) is 0 Å². The summed E-state index contributed by atoms with van der Waals surface area (Å²) < 4.78 is 5.57. The molecule has 0 fully saturated rings. The van der Waals surface area contributed by atoms with Gasteiger partial charge in [0.2, 0.25) is 0 Å². The van der Waals surface area contributed by atoms with Gasteiger partial charge >= 0.3 is 0 Å². The van der Waals surface area contributed by atoms with Gasteiger partial charge < -0.3 is 4.74 Å². The van der Waals surface area contributed by atoms with Gasteiger partial charge in [-0.05, 0) is 17.5 Å². The Hall–Kier alpha value is -1.34. The Morgan fingerprint density at radius 3 is 2.81 bits per heavy atom. The van der Waals surface area contributed by atoms with Crippen LogP contribution in [0.5, 0.6) is 0 Å². The average Bonchev–Trinajstić information content (AvgIpc) is 2.34. The molecule has 0 saturated carbocycles. The quantitative estimate of drug-likeness (QED) is 0.490. The maximum absolute atomic E-state index is 5.57. The average molecular weight is 216 g/mol. The molecule has 0 radical (unpaired) electrons. The third-order valence-corrected chi connectivity index (χ3v) is 2.37. The molecule has 1 aromatic carbocycles. The van der Waals surface area contributed by atoms with E-state index in [1.807, 2.05) is 18.2 Å². The maximum Gasteiger partial charge on any atom is 0.0726 e. The van der Waals surface area contributed by atoms with Crippen molar-refractivity contribution < 1.29 is 4.74 Å². The van der Waals surface area contributed by atoms with Crippen LogP contribution in [0, 0.1) is 0 Å². The standard InChI is InChI=1S/C15H20O/c1-3-5-6-9-12-16-13-15-11-8-7-10-14(15)4-2/h4,6-11H,2-3,5,12-13H2,1H3/b9-6-. The third kappa shape index (κ3) is 4.45. The molecule has 0 saturated heterocycles. The molecule has 1 rings (SSSR count). The number of hydrogen-bond donors (Lipinski definition) is 0. The zero-order valence-corrected chi connectivity index (χ0v) is 9.99. The van der Waals surface area contributed by atoms with Crippen molar-refractivity contribution in [3.8, 4) is 0 Å². The molecule has 0 atom stereocenters. The van der Waals surface area contributed by atoms with Gasteiger partial charge in [-0.25, -0.2) is 0 Å². The van der Waals surface area contributed by atoms with Crippen molar-refractivity contribution in [2.24, 2.45) is 0 Å². The van der Waals surface area contributed by atoms with Gasteiger partial charge in [0.25, 0.3) is 0 Å². The SMILES string of the molecule is C=Cc1ccccc1COC/C=C\CCC. The van der Waals surface area contributed by atoms with E-state index in [2.05, 4.69) is 37.8 Å². The van der Waals surface area contributed by atoms with Crippen LogP contribution < -0.4 is 0 Å². The first-order valence-corrected chi connectivity index (χ1v) is 5.81. The fraction of sp³-hybridized carbons (Fsp3) is 0.333. The highest BCUT2D eigenvalue weighted by Gasteiger charge is 1.96. The molecule has 0 aromatic heterocycles. The summed E-state index contributed by atoms with van der Waals surface area (Å²) in [6.07, 6.45) is 8.44. The van der Waals surface area contributed by atoms with E-state index < -0.39 is 0 Å². The maximum atomic E-state index is 5.57. The number of benzene rings is 1. The van der Waals surface area contributed by atoms with Crippen molar-refractivity contribution in [2.75, 3.05) is 6.61 Å². The topological polar surface area (TPSA) is 9.23 Å². The van der Waals surface area contributed by atoms with E-state index in [0.29, 0.717) is 13.2 Å². The van der Waals surface area contributed by atoms with Crippen molar-refractivity contribution in [3.63, 3.8) is 0 Å². The molecule has 1 nitrogen and oxygen atoms in total. The van der Waals surface area contributed by atoms with Gasteiger partial charge in [-0.15, -0.1) is 0 Å². The van der Waals surface area contributed by atoms with E-state index in [1.54, 1.807) is 0 Å². The summed E-state index contributed by atoms with van der Waals surface area (Å²) in [6.45, 7) is 7.30. The van der Waals surface area contributed by atoms with Crippen molar-refractivity contribution in [2.45, 2.75) is 26.4 Å². The zero-order valence-electron chi connectivity index (χ0n) is 9.99. The van der Waals surface area contributed by atoms with E-state index in [4.69, 9.17) is 4.74 Å². The Bertz CT molecular complexity index is 339. The second-order valence-electron chi connectivity index (χ2n) is 3.68. The van der Waals surface area contributed by atoms with Crippen LogP contribution in [-0.4, -0.2) is 6.61 Å². The lowest BCUT2D eigenvalue weighted by atomic mass is 10.1. The summed E-state index contributed by atoms with van der Waals surface area (Å²) in [4.78, 5) is 0. The molecule has 0 amide bonds. The Morgan fingerprint density at radius 2 is 2.06 bits per heavy atom. The van der Waals surface area contributed by atoms with Gasteiger partial charge in [0.15, 0.2) is 0 Å². The summed E-state index contributed by atoms with van der Waals surface area (Å²) in [5, 5.41) is 0. The van der Waals surface area contributed by atoms with E-state index in [1.165, 1.54) is 12.0 Å². The van der Waals surface area contributed by atoms with E-state index in [-0.39, 0.29) is 0 Å². The van der Waals surface area contributed by atoms with Gasteiger partial charge in [-0.1, -0.05) is 62.4 Å². The summed E-state index contributed by atoms with van der Waals surface area (Å²) >= 11 is 0. The molecular formula is C15H20O. The molecule has 0 aliphatic rings. The Labute approximate surface area is 98.5 Å². The molecule has 0 aliphatic carbocycles. The second kappa shape index (κ2) is 7.89. The van der Waals surface area contributed by atoms with Gasteiger partial charge in [-0.3, -0.25) is 0 Å². The van der Waals surface area contributed by atoms with Crippen molar-refractivity contribution >= 4 is 6.08 Å². The van der Waals surface area contributed by atoms with Gasteiger partial charge in [0.1, 0.15) is 0 Å². The summed E-state index contributed by atoms with van der Waals surface area (Å²) in [5.41, 5.74) is 2.35. The lowest BCUT2D eigenvalue weighted by Crippen LogP contribution is -1.95. The molecule has 0 N–H and O–H groups in total.